The molecule has 1 saturated heterocycles. The number of aryl methyl sites for hydroxylation is 1. The first-order valence-corrected chi connectivity index (χ1v) is 13.8. The summed E-state index contributed by atoms with van der Waals surface area (Å²) in [6.45, 7) is -1.05. The summed E-state index contributed by atoms with van der Waals surface area (Å²) in [7, 11) is -6.74. The lowest BCUT2D eigenvalue weighted by molar-refractivity contribution is -0.134. The topological polar surface area (TPSA) is 151 Å². The molecule has 2 heterocycles. The summed E-state index contributed by atoms with van der Waals surface area (Å²) in [6.07, 6.45) is 2.61. The highest BCUT2D eigenvalue weighted by Crippen LogP contribution is 2.28. The minimum atomic E-state index is -4.24. The van der Waals surface area contributed by atoms with E-state index in [9.17, 15) is 26.8 Å². The monoisotopic (exact) mass is 555 g/mol. The highest BCUT2D eigenvalue weighted by Gasteiger charge is 2.43. The van der Waals surface area contributed by atoms with Crippen LogP contribution in [-0.4, -0.2) is 71.8 Å². The molecule has 1 aromatic heterocycles. The number of hydrogen-bond acceptors (Lipinski definition) is 8. The number of carbonyl (C=O) groups is 1. The van der Waals surface area contributed by atoms with Crippen molar-refractivity contribution in [2.45, 2.75) is 16.0 Å². The van der Waals surface area contributed by atoms with Gasteiger partial charge in [0.25, 0.3) is 15.9 Å². The normalized spacial score (nSPS) is 17.6. The van der Waals surface area contributed by atoms with Crippen molar-refractivity contribution in [1.29, 1.82) is 0 Å². The van der Waals surface area contributed by atoms with Gasteiger partial charge in [0, 0.05) is 37.9 Å². The number of imidazole rings is 1. The second-order valence-corrected chi connectivity index (χ2v) is 12.1. The van der Waals surface area contributed by atoms with Gasteiger partial charge in [-0.25, -0.2) is 27.3 Å². The van der Waals surface area contributed by atoms with Crippen molar-refractivity contribution in [3.05, 3.63) is 66.1 Å². The molecule has 192 valence electrons. The fourth-order valence-corrected chi connectivity index (χ4v) is 6.74. The van der Waals surface area contributed by atoms with Crippen molar-refractivity contribution < 1.29 is 31.6 Å². The molecule has 0 spiro atoms. The maximum atomic E-state index is 13.4. The van der Waals surface area contributed by atoms with E-state index in [2.05, 4.69) is 4.98 Å². The van der Waals surface area contributed by atoms with Crippen molar-refractivity contribution >= 4 is 37.6 Å². The molecule has 3 aromatic rings. The number of carbonyl (C=O) groups excluding carboxylic acids is 1. The highest BCUT2D eigenvalue weighted by atomic mass is 35.5. The van der Waals surface area contributed by atoms with Crippen LogP contribution >= 0.6 is 11.6 Å². The summed E-state index contributed by atoms with van der Waals surface area (Å²) >= 11 is 5.86. The third-order valence-corrected chi connectivity index (χ3v) is 9.40. The fourth-order valence-electron chi connectivity index (χ4n) is 3.64. The van der Waals surface area contributed by atoms with Crippen LogP contribution in [0.5, 0.6) is 11.5 Å². The quantitative estimate of drug-likeness (QED) is 0.328. The smallest absolute Gasteiger partial charge is 0.263 e. The van der Waals surface area contributed by atoms with Crippen LogP contribution in [0.1, 0.15) is 0 Å². The molecule has 1 unspecified atom stereocenters. The Morgan fingerprint density at radius 1 is 1.03 bits per heavy atom. The summed E-state index contributed by atoms with van der Waals surface area (Å²) in [5.41, 5.74) is 1.43. The molecule has 2 N–H and O–H groups in total. The summed E-state index contributed by atoms with van der Waals surface area (Å²) in [5.74, 6) is -0.200. The number of amides is 1. The van der Waals surface area contributed by atoms with Crippen molar-refractivity contribution in [2.75, 3.05) is 19.6 Å². The van der Waals surface area contributed by atoms with Crippen molar-refractivity contribution in [2.24, 2.45) is 7.05 Å². The number of rotatable bonds is 7. The Hall–Kier alpha value is -3.01. The first-order chi connectivity index (χ1) is 17.0. The third kappa shape index (κ3) is 5.23. The van der Waals surface area contributed by atoms with Gasteiger partial charge in [0.2, 0.25) is 10.0 Å². The van der Waals surface area contributed by atoms with Crippen LogP contribution in [0.4, 0.5) is 0 Å². The number of nitrogens with zero attached hydrogens (tertiary/aromatic N) is 4. The highest BCUT2D eigenvalue weighted by molar-refractivity contribution is 7.89. The van der Waals surface area contributed by atoms with Crippen LogP contribution in [0.3, 0.4) is 0 Å². The van der Waals surface area contributed by atoms with E-state index < -0.39 is 38.5 Å². The average Bonchev–Trinajstić information content (AvgIpc) is 3.32. The number of hydrogen-bond donors (Lipinski definition) is 2. The largest absolute Gasteiger partial charge is 0.457 e. The Labute approximate surface area is 212 Å². The molecule has 0 saturated carbocycles. The summed E-state index contributed by atoms with van der Waals surface area (Å²) in [5, 5.41) is 9.52. The predicted molar refractivity (Wildman–Crippen MR) is 128 cm³/mol. The van der Waals surface area contributed by atoms with Gasteiger partial charge in [-0.05, 0) is 48.5 Å². The summed E-state index contributed by atoms with van der Waals surface area (Å²) in [4.78, 5) is 16.1. The van der Waals surface area contributed by atoms with Gasteiger partial charge in [-0.15, -0.1) is 0 Å². The molecule has 2 aromatic carbocycles. The lowest BCUT2D eigenvalue weighted by Crippen LogP contribution is -2.61. The van der Waals surface area contributed by atoms with Crippen molar-refractivity contribution in [3.63, 3.8) is 0 Å². The van der Waals surface area contributed by atoms with Gasteiger partial charge in [0.05, 0.1) is 11.2 Å². The Morgan fingerprint density at radius 2 is 1.64 bits per heavy atom. The molecule has 36 heavy (non-hydrogen) atoms. The molecule has 4 rings (SSSR count). The molecule has 1 aliphatic heterocycles. The summed E-state index contributed by atoms with van der Waals surface area (Å²) < 4.78 is 61.6. The van der Waals surface area contributed by atoms with E-state index in [1.165, 1.54) is 46.8 Å². The van der Waals surface area contributed by atoms with E-state index in [1.54, 1.807) is 31.3 Å². The second kappa shape index (κ2) is 10.2. The van der Waals surface area contributed by atoms with Gasteiger partial charge >= 0.3 is 0 Å². The van der Waals surface area contributed by atoms with E-state index in [-0.39, 0.29) is 23.0 Å². The maximum absolute atomic E-state index is 13.4. The van der Waals surface area contributed by atoms with E-state index >= 15 is 0 Å². The molecule has 15 heteroatoms. The zero-order valence-corrected chi connectivity index (χ0v) is 21.2. The van der Waals surface area contributed by atoms with Crippen LogP contribution in [0.15, 0.2) is 71.0 Å². The van der Waals surface area contributed by atoms with Crippen molar-refractivity contribution in [1.82, 2.24) is 23.6 Å². The van der Waals surface area contributed by atoms with Crippen LogP contribution in [0, 0.1) is 0 Å². The number of piperazine rings is 1. The lowest BCUT2D eigenvalue weighted by Gasteiger charge is -2.38. The average molecular weight is 556 g/mol. The van der Waals surface area contributed by atoms with Gasteiger partial charge in [-0.3, -0.25) is 10.0 Å². The maximum Gasteiger partial charge on any atom is 0.263 e. The van der Waals surface area contributed by atoms with E-state index in [1.807, 2.05) is 0 Å². The molecule has 1 fully saturated rings. The third-order valence-electron chi connectivity index (χ3n) is 5.47. The molecule has 1 atom stereocenters. The molecule has 1 aliphatic rings. The number of aromatic nitrogens is 2. The zero-order valence-electron chi connectivity index (χ0n) is 18.9. The molecular formula is C21H22ClN5O7S2. The summed E-state index contributed by atoms with van der Waals surface area (Å²) in [6, 6.07) is 10.6. The van der Waals surface area contributed by atoms with Crippen LogP contribution in [-0.2, 0) is 31.9 Å². The molecule has 0 radical (unpaired) electrons. The Balaban J connectivity index is 1.56. The molecule has 1 amide bonds. The Kier molecular flexibility index (Phi) is 7.36. The Morgan fingerprint density at radius 3 is 2.19 bits per heavy atom. The standard InChI is InChI=1S/C21H22ClN5O7S2/c1-25-13-20(23-14-25)36(32,33)26-10-11-27(19(12-26)21(28)24-29)35(30,31)18-8-6-17(7-9-18)34-16-4-2-15(22)3-5-16/h2-9,13-14,19,29H,10-12H2,1H3,(H,24,28). The number of sulfonamides is 2. The van der Waals surface area contributed by atoms with E-state index in [0.717, 1.165) is 8.61 Å². The van der Waals surface area contributed by atoms with E-state index in [0.29, 0.717) is 16.5 Å². The number of nitrogens with one attached hydrogen (secondary N) is 1. The van der Waals surface area contributed by atoms with Gasteiger partial charge in [-0.2, -0.15) is 8.61 Å². The predicted octanol–water partition coefficient (Wildman–Crippen LogP) is 1.43. The Bertz CT molecular complexity index is 1460. The van der Waals surface area contributed by atoms with Gasteiger partial charge in [0.1, 0.15) is 17.5 Å². The van der Waals surface area contributed by atoms with Crippen molar-refractivity contribution in [3.8, 4) is 11.5 Å². The minimum absolute atomic E-state index is 0.136. The first-order valence-electron chi connectivity index (χ1n) is 10.5. The van der Waals surface area contributed by atoms with Crippen LogP contribution in [0.2, 0.25) is 5.02 Å². The minimum Gasteiger partial charge on any atom is -0.457 e. The number of hydroxylamine groups is 1. The lowest BCUT2D eigenvalue weighted by atomic mass is 10.2. The zero-order chi connectivity index (χ0) is 26.1. The van der Waals surface area contributed by atoms with Gasteiger partial charge < -0.3 is 9.30 Å². The van der Waals surface area contributed by atoms with Crippen LogP contribution in [0.25, 0.3) is 0 Å². The first kappa shape index (κ1) is 26.1. The molecule has 12 nitrogen and oxygen atoms in total. The van der Waals surface area contributed by atoms with Gasteiger partial charge in [-0.1, -0.05) is 11.6 Å². The second-order valence-electron chi connectivity index (χ2n) is 7.88. The molecule has 0 aliphatic carbocycles. The number of benzene rings is 2. The molecular weight excluding hydrogens is 534 g/mol. The van der Waals surface area contributed by atoms with E-state index in [4.69, 9.17) is 16.3 Å². The fraction of sp³-hybridized carbons (Fsp3) is 0.238. The number of halogens is 1. The van der Waals surface area contributed by atoms with Gasteiger partial charge in [0.15, 0.2) is 5.03 Å². The number of ether oxygens (including phenoxy) is 1. The SMILES string of the molecule is Cn1cnc(S(=O)(=O)N2CCN(S(=O)(=O)c3ccc(Oc4ccc(Cl)cc4)cc3)C(C(=O)NO)C2)c1. The van der Waals surface area contributed by atoms with Crippen LogP contribution < -0.4 is 10.2 Å². The molecule has 0 bridgehead atoms.